The van der Waals surface area contributed by atoms with Crippen molar-refractivity contribution in [1.29, 1.82) is 0 Å². The Labute approximate surface area is 75.4 Å². The van der Waals surface area contributed by atoms with E-state index in [0.29, 0.717) is 6.54 Å². The molecule has 76 valence electrons. The van der Waals surface area contributed by atoms with Gasteiger partial charge in [0.1, 0.15) is 5.92 Å². The lowest BCUT2D eigenvalue weighted by Crippen LogP contribution is -2.35. The third-order valence-electron chi connectivity index (χ3n) is 2.24. The number of ether oxygens (including phenoxy) is 1. The van der Waals surface area contributed by atoms with Crippen LogP contribution in [0.2, 0.25) is 0 Å². The van der Waals surface area contributed by atoms with Crippen molar-refractivity contribution in [3.63, 3.8) is 0 Å². The second-order valence-electron chi connectivity index (χ2n) is 3.13. The minimum atomic E-state index is -2.93. The average Bonchev–Trinajstić information content (AvgIpc) is 2.25. The number of methoxy groups -OCH3 is 1. The molecule has 5 heteroatoms. The standard InChI is InChI=1S/C8H13F2NO2/c1-13-7(12)6-2-4-11-5-3-8(6,9)10/h6,11H,2-5H2,1H3. The smallest absolute Gasteiger partial charge is 0.314 e. The second-order valence-corrected chi connectivity index (χ2v) is 3.13. The fraction of sp³-hybridized carbons (Fsp3) is 0.875. The van der Waals surface area contributed by atoms with Crippen LogP contribution in [-0.2, 0) is 9.53 Å². The Hall–Kier alpha value is -0.710. The zero-order valence-electron chi connectivity index (χ0n) is 7.48. The Morgan fingerprint density at radius 2 is 2.23 bits per heavy atom. The summed E-state index contributed by atoms with van der Waals surface area (Å²) in [6.07, 6.45) is -0.160. The molecule has 0 bridgehead atoms. The highest BCUT2D eigenvalue weighted by molar-refractivity contribution is 5.73. The fourth-order valence-corrected chi connectivity index (χ4v) is 1.44. The van der Waals surface area contributed by atoms with Crippen LogP contribution < -0.4 is 5.32 Å². The molecule has 0 saturated carbocycles. The molecule has 1 atom stereocenters. The molecule has 0 aromatic heterocycles. The van der Waals surface area contributed by atoms with Crippen LogP contribution in [0.3, 0.4) is 0 Å². The van der Waals surface area contributed by atoms with E-state index in [2.05, 4.69) is 10.1 Å². The molecule has 1 N–H and O–H groups in total. The number of hydrogen-bond acceptors (Lipinski definition) is 3. The summed E-state index contributed by atoms with van der Waals surface area (Å²) in [5.41, 5.74) is 0. The molecule has 1 rings (SSSR count). The van der Waals surface area contributed by atoms with Crippen LogP contribution in [0.25, 0.3) is 0 Å². The molecule has 0 amide bonds. The topological polar surface area (TPSA) is 38.3 Å². The van der Waals surface area contributed by atoms with Crippen LogP contribution in [0, 0.1) is 5.92 Å². The molecule has 0 aromatic carbocycles. The molecule has 0 aliphatic carbocycles. The van der Waals surface area contributed by atoms with Gasteiger partial charge in [-0.3, -0.25) is 4.79 Å². The summed E-state index contributed by atoms with van der Waals surface area (Å²) in [6.45, 7) is 0.690. The fourth-order valence-electron chi connectivity index (χ4n) is 1.44. The molecule has 1 saturated heterocycles. The van der Waals surface area contributed by atoms with E-state index in [1.54, 1.807) is 0 Å². The maximum Gasteiger partial charge on any atom is 0.314 e. The van der Waals surface area contributed by atoms with Crippen molar-refractivity contribution in [2.75, 3.05) is 20.2 Å². The van der Waals surface area contributed by atoms with Gasteiger partial charge in [0.15, 0.2) is 0 Å². The van der Waals surface area contributed by atoms with E-state index < -0.39 is 17.8 Å². The number of esters is 1. The lowest BCUT2D eigenvalue weighted by molar-refractivity contribution is -0.160. The van der Waals surface area contributed by atoms with Crippen LogP contribution in [-0.4, -0.2) is 32.1 Å². The van der Waals surface area contributed by atoms with E-state index in [-0.39, 0.29) is 19.4 Å². The van der Waals surface area contributed by atoms with Crippen LogP contribution in [0.4, 0.5) is 8.78 Å². The SMILES string of the molecule is COC(=O)C1CCNCCC1(F)F. The van der Waals surface area contributed by atoms with Crippen molar-refractivity contribution in [3.05, 3.63) is 0 Å². The number of halogens is 2. The highest BCUT2D eigenvalue weighted by Crippen LogP contribution is 2.32. The van der Waals surface area contributed by atoms with Gasteiger partial charge in [-0.25, -0.2) is 8.78 Å². The average molecular weight is 193 g/mol. The Morgan fingerprint density at radius 1 is 1.54 bits per heavy atom. The van der Waals surface area contributed by atoms with Crippen molar-refractivity contribution >= 4 is 5.97 Å². The number of carbonyl (C=O) groups is 1. The third-order valence-corrected chi connectivity index (χ3v) is 2.24. The first-order chi connectivity index (χ1) is 6.08. The zero-order valence-corrected chi connectivity index (χ0v) is 7.48. The van der Waals surface area contributed by atoms with Gasteiger partial charge in [-0.15, -0.1) is 0 Å². The molecule has 0 aromatic rings. The molecular weight excluding hydrogens is 180 g/mol. The Balaban J connectivity index is 2.71. The lowest BCUT2D eigenvalue weighted by atomic mass is 9.96. The Bertz CT molecular complexity index is 197. The number of alkyl halides is 2. The second kappa shape index (κ2) is 4.00. The molecule has 1 heterocycles. The normalized spacial score (nSPS) is 27.8. The largest absolute Gasteiger partial charge is 0.469 e. The molecule has 0 radical (unpaired) electrons. The predicted octanol–water partition coefficient (Wildman–Crippen LogP) is 0.794. The van der Waals surface area contributed by atoms with Crippen molar-refractivity contribution in [2.45, 2.75) is 18.8 Å². The van der Waals surface area contributed by atoms with Gasteiger partial charge < -0.3 is 10.1 Å². The molecule has 1 aliphatic heterocycles. The highest BCUT2D eigenvalue weighted by Gasteiger charge is 2.45. The summed E-state index contributed by atoms with van der Waals surface area (Å²) < 4.78 is 30.8. The Kier molecular flexibility index (Phi) is 3.19. The highest BCUT2D eigenvalue weighted by atomic mass is 19.3. The van der Waals surface area contributed by atoms with Crippen molar-refractivity contribution in [2.24, 2.45) is 5.92 Å². The number of rotatable bonds is 1. The van der Waals surface area contributed by atoms with Gasteiger partial charge in [0.2, 0.25) is 0 Å². The number of nitrogens with one attached hydrogen (secondary N) is 1. The quantitative estimate of drug-likeness (QED) is 0.626. The van der Waals surface area contributed by atoms with E-state index in [1.807, 2.05) is 0 Å². The third kappa shape index (κ3) is 2.37. The summed E-state index contributed by atoms with van der Waals surface area (Å²) in [4.78, 5) is 11.0. The van der Waals surface area contributed by atoms with Crippen LogP contribution in [0.15, 0.2) is 0 Å². The molecular formula is C8H13F2NO2. The molecule has 0 spiro atoms. The van der Waals surface area contributed by atoms with Gasteiger partial charge in [-0.2, -0.15) is 0 Å². The molecule has 1 unspecified atom stereocenters. The lowest BCUT2D eigenvalue weighted by Gasteiger charge is -2.21. The van der Waals surface area contributed by atoms with Crippen molar-refractivity contribution in [1.82, 2.24) is 5.32 Å². The van der Waals surface area contributed by atoms with Gasteiger partial charge in [0, 0.05) is 13.0 Å². The number of hydrogen-bond donors (Lipinski definition) is 1. The maximum atomic E-state index is 13.2. The van der Waals surface area contributed by atoms with Crippen LogP contribution in [0.5, 0.6) is 0 Å². The minimum Gasteiger partial charge on any atom is -0.469 e. The number of carbonyl (C=O) groups excluding carboxylic acids is 1. The summed E-state index contributed by atoms with van der Waals surface area (Å²) in [5.74, 6) is -5.03. The van der Waals surface area contributed by atoms with E-state index in [0.717, 1.165) is 7.11 Å². The minimum absolute atomic E-state index is 0.139. The van der Waals surface area contributed by atoms with Gasteiger partial charge in [0.05, 0.1) is 7.11 Å². The summed E-state index contributed by atoms with van der Waals surface area (Å²) in [5, 5.41) is 2.82. The van der Waals surface area contributed by atoms with Gasteiger partial charge >= 0.3 is 5.97 Å². The van der Waals surface area contributed by atoms with Crippen molar-refractivity contribution in [3.8, 4) is 0 Å². The van der Waals surface area contributed by atoms with E-state index in [4.69, 9.17) is 0 Å². The maximum absolute atomic E-state index is 13.2. The van der Waals surface area contributed by atoms with Gasteiger partial charge in [-0.1, -0.05) is 0 Å². The molecule has 3 nitrogen and oxygen atoms in total. The van der Waals surface area contributed by atoms with Crippen LogP contribution in [0.1, 0.15) is 12.8 Å². The van der Waals surface area contributed by atoms with Crippen molar-refractivity contribution < 1.29 is 18.3 Å². The first-order valence-electron chi connectivity index (χ1n) is 4.24. The predicted molar refractivity (Wildman–Crippen MR) is 42.6 cm³/mol. The van der Waals surface area contributed by atoms with E-state index >= 15 is 0 Å². The molecule has 1 fully saturated rings. The monoisotopic (exact) mass is 193 g/mol. The first-order valence-corrected chi connectivity index (χ1v) is 4.24. The molecule has 13 heavy (non-hydrogen) atoms. The van der Waals surface area contributed by atoms with Gasteiger partial charge in [-0.05, 0) is 13.0 Å². The van der Waals surface area contributed by atoms with Crippen LogP contribution >= 0.6 is 0 Å². The van der Waals surface area contributed by atoms with E-state index in [1.165, 1.54) is 0 Å². The van der Waals surface area contributed by atoms with E-state index in [9.17, 15) is 13.6 Å². The summed E-state index contributed by atoms with van der Waals surface area (Å²) in [6, 6.07) is 0. The summed E-state index contributed by atoms with van der Waals surface area (Å²) in [7, 11) is 1.14. The van der Waals surface area contributed by atoms with Gasteiger partial charge in [0.25, 0.3) is 5.92 Å². The summed E-state index contributed by atoms with van der Waals surface area (Å²) >= 11 is 0. The first kappa shape index (κ1) is 10.4. The molecule has 1 aliphatic rings. The zero-order chi connectivity index (χ0) is 9.90. The Morgan fingerprint density at radius 3 is 2.85 bits per heavy atom.